The second-order valence-electron chi connectivity index (χ2n) is 2.40. The summed E-state index contributed by atoms with van der Waals surface area (Å²) < 4.78 is 0. The van der Waals surface area contributed by atoms with E-state index in [1.165, 1.54) is 6.20 Å². The van der Waals surface area contributed by atoms with Crippen LogP contribution in [0.2, 0.25) is 0 Å². The summed E-state index contributed by atoms with van der Waals surface area (Å²) in [5.41, 5.74) is 4.35. The van der Waals surface area contributed by atoms with Gasteiger partial charge in [-0.3, -0.25) is 9.59 Å². The first-order valence-corrected chi connectivity index (χ1v) is 3.41. The van der Waals surface area contributed by atoms with Gasteiger partial charge in [-0.15, -0.1) is 0 Å². The number of nitrogens with two attached hydrogens (primary N) is 1. The van der Waals surface area contributed by atoms with Crippen LogP contribution in [0.5, 0.6) is 0 Å². The average molecular weight is 179 g/mol. The molecule has 0 aliphatic heterocycles. The van der Waals surface area contributed by atoms with Crippen LogP contribution in [0.3, 0.4) is 0 Å². The summed E-state index contributed by atoms with van der Waals surface area (Å²) in [6.07, 6.45) is 1.33. The third-order valence-corrected chi connectivity index (χ3v) is 1.49. The van der Waals surface area contributed by atoms with Crippen molar-refractivity contribution >= 4 is 17.1 Å². The molecule has 0 aromatic carbocycles. The third-order valence-electron chi connectivity index (χ3n) is 1.49. The molecule has 4 N–H and O–H groups in total. The molecule has 0 saturated heterocycles. The van der Waals surface area contributed by atoms with Gasteiger partial charge in [-0.2, -0.15) is 4.98 Å². The van der Waals surface area contributed by atoms with Crippen LogP contribution >= 0.6 is 0 Å². The number of H-pyrrole nitrogens is 2. The minimum absolute atomic E-state index is 0.0372. The fourth-order valence-corrected chi connectivity index (χ4v) is 0.926. The largest absolute Gasteiger partial charge is 0.368 e. The molecule has 0 saturated carbocycles. The molecule has 0 spiro atoms. The highest BCUT2D eigenvalue weighted by atomic mass is 16.2. The second-order valence-corrected chi connectivity index (χ2v) is 2.40. The first-order valence-electron chi connectivity index (χ1n) is 3.41. The summed E-state index contributed by atoms with van der Waals surface area (Å²) in [6, 6.07) is 0. The van der Waals surface area contributed by atoms with Gasteiger partial charge in [-0.1, -0.05) is 0 Å². The number of aromatic amines is 2. The Morgan fingerprint density at radius 3 is 2.69 bits per heavy atom. The Morgan fingerprint density at radius 2 is 1.92 bits per heavy atom. The quantitative estimate of drug-likeness (QED) is 0.429. The summed E-state index contributed by atoms with van der Waals surface area (Å²) in [5, 5.41) is 0. The predicted octanol–water partition coefficient (Wildman–Crippen LogP) is -1.41. The first-order chi connectivity index (χ1) is 6.16. The molecule has 66 valence electrons. The van der Waals surface area contributed by atoms with Crippen molar-refractivity contribution in [1.29, 1.82) is 0 Å². The Labute approximate surface area is 70.7 Å². The summed E-state index contributed by atoms with van der Waals surface area (Å²) in [5.74, 6) is 0.0372. The van der Waals surface area contributed by atoms with E-state index in [1.807, 2.05) is 0 Å². The fraction of sp³-hybridized carbons (Fsp3) is 0. The van der Waals surface area contributed by atoms with Crippen molar-refractivity contribution in [2.75, 3.05) is 5.73 Å². The molecule has 0 radical (unpaired) electrons. The lowest BCUT2D eigenvalue weighted by Gasteiger charge is -1.95. The normalized spacial score (nSPS) is 10.5. The monoisotopic (exact) mass is 179 g/mol. The van der Waals surface area contributed by atoms with Gasteiger partial charge in [-0.25, -0.2) is 4.98 Å². The topological polar surface area (TPSA) is 118 Å². The highest BCUT2D eigenvalue weighted by molar-refractivity contribution is 5.68. The SMILES string of the molecule is Nc1ncc2[nH]c(=O)c(=O)[nH]c2n1. The van der Waals surface area contributed by atoms with Crippen molar-refractivity contribution in [3.8, 4) is 0 Å². The lowest BCUT2D eigenvalue weighted by molar-refractivity contribution is 1.09. The molecule has 2 aromatic rings. The van der Waals surface area contributed by atoms with E-state index in [1.54, 1.807) is 0 Å². The fourth-order valence-electron chi connectivity index (χ4n) is 0.926. The Kier molecular flexibility index (Phi) is 1.38. The van der Waals surface area contributed by atoms with Gasteiger partial charge in [0.15, 0.2) is 5.65 Å². The van der Waals surface area contributed by atoms with Crippen LogP contribution in [0, 0.1) is 0 Å². The van der Waals surface area contributed by atoms with Crippen molar-refractivity contribution in [2.24, 2.45) is 0 Å². The predicted molar refractivity (Wildman–Crippen MR) is 45.2 cm³/mol. The van der Waals surface area contributed by atoms with Crippen LogP contribution in [0.1, 0.15) is 0 Å². The molecular formula is C6H5N5O2. The molecule has 13 heavy (non-hydrogen) atoms. The maximum atomic E-state index is 10.8. The molecule has 0 bridgehead atoms. The molecule has 0 fully saturated rings. The van der Waals surface area contributed by atoms with E-state index in [2.05, 4.69) is 19.9 Å². The van der Waals surface area contributed by atoms with Gasteiger partial charge in [0.2, 0.25) is 5.95 Å². The molecule has 0 aliphatic rings. The molecule has 7 heteroatoms. The zero-order chi connectivity index (χ0) is 9.42. The standard InChI is InChI=1S/C6H5N5O2/c7-6-8-1-2-3(11-6)10-5(13)4(12)9-2/h1H,(H,9,12)(H3,7,8,10,11,13). The number of aromatic nitrogens is 4. The maximum absolute atomic E-state index is 10.8. The molecule has 7 nitrogen and oxygen atoms in total. The Balaban J connectivity index is 2.97. The molecule has 0 unspecified atom stereocenters. The number of nitrogens with zero attached hydrogens (tertiary/aromatic N) is 2. The molecule has 2 rings (SSSR count). The van der Waals surface area contributed by atoms with E-state index in [0.29, 0.717) is 5.52 Å². The van der Waals surface area contributed by atoms with Crippen molar-refractivity contribution in [3.05, 3.63) is 26.9 Å². The first kappa shape index (κ1) is 7.47. The van der Waals surface area contributed by atoms with E-state index in [0.717, 1.165) is 0 Å². The van der Waals surface area contributed by atoms with Gasteiger partial charge in [-0.05, 0) is 0 Å². The number of anilines is 1. The highest BCUT2D eigenvalue weighted by Crippen LogP contribution is 2.00. The number of rotatable bonds is 0. The van der Waals surface area contributed by atoms with Crippen molar-refractivity contribution in [2.45, 2.75) is 0 Å². The van der Waals surface area contributed by atoms with Gasteiger partial charge in [0, 0.05) is 0 Å². The molecule has 2 heterocycles. The van der Waals surface area contributed by atoms with Crippen LogP contribution in [-0.2, 0) is 0 Å². The molecule has 0 aliphatic carbocycles. The third kappa shape index (κ3) is 1.15. The Hall–Kier alpha value is -2.18. The van der Waals surface area contributed by atoms with E-state index < -0.39 is 11.1 Å². The summed E-state index contributed by atoms with van der Waals surface area (Å²) in [4.78, 5) is 33.6. The molecule has 0 amide bonds. The lowest BCUT2D eigenvalue weighted by atomic mass is 10.5. The van der Waals surface area contributed by atoms with Crippen LogP contribution in [-0.4, -0.2) is 19.9 Å². The van der Waals surface area contributed by atoms with Crippen molar-refractivity contribution < 1.29 is 0 Å². The summed E-state index contributed by atoms with van der Waals surface area (Å²) >= 11 is 0. The maximum Gasteiger partial charge on any atom is 0.315 e. The van der Waals surface area contributed by atoms with E-state index in [4.69, 9.17) is 5.73 Å². The number of nitrogen functional groups attached to an aromatic ring is 1. The number of hydrogen-bond donors (Lipinski definition) is 3. The van der Waals surface area contributed by atoms with Gasteiger partial charge in [0.25, 0.3) is 0 Å². The zero-order valence-corrected chi connectivity index (χ0v) is 6.37. The second kappa shape index (κ2) is 2.41. The number of hydrogen-bond acceptors (Lipinski definition) is 5. The van der Waals surface area contributed by atoms with Gasteiger partial charge in [0.05, 0.1) is 6.20 Å². The lowest BCUT2D eigenvalue weighted by Crippen LogP contribution is -2.29. The van der Waals surface area contributed by atoms with Crippen LogP contribution in [0.25, 0.3) is 11.2 Å². The van der Waals surface area contributed by atoms with Gasteiger partial charge in [0.1, 0.15) is 5.52 Å². The Morgan fingerprint density at radius 1 is 1.23 bits per heavy atom. The highest BCUT2D eigenvalue weighted by Gasteiger charge is 2.00. The van der Waals surface area contributed by atoms with Crippen LogP contribution < -0.4 is 16.9 Å². The molecule has 0 atom stereocenters. The van der Waals surface area contributed by atoms with Crippen LogP contribution in [0.4, 0.5) is 5.95 Å². The molecular weight excluding hydrogens is 174 g/mol. The minimum Gasteiger partial charge on any atom is -0.368 e. The van der Waals surface area contributed by atoms with E-state index in [9.17, 15) is 9.59 Å². The van der Waals surface area contributed by atoms with Crippen molar-refractivity contribution in [1.82, 2.24) is 19.9 Å². The molecule has 2 aromatic heterocycles. The summed E-state index contributed by atoms with van der Waals surface area (Å²) in [7, 11) is 0. The summed E-state index contributed by atoms with van der Waals surface area (Å²) in [6.45, 7) is 0. The van der Waals surface area contributed by atoms with E-state index >= 15 is 0 Å². The minimum atomic E-state index is -0.759. The van der Waals surface area contributed by atoms with Gasteiger partial charge >= 0.3 is 11.1 Å². The Bertz CT molecular complexity index is 569. The zero-order valence-electron chi connectivity index (χ0n) is 6.37. The van der Waals surface area contributed by atoms with Crippen molar-refractivity contribution in [3.63, 3.8) is 0 Å². The van der Waals surface area contributed by atoms with E-state index in [-0.39, 0.29) is 11.6 Å². The number of fused-ring (bicyclic) bond motifs is 1. The number of nitrogens with one attached hydrogen (secondary N) is 2. The van der Waals surface area contributed by atoms with Gasteiger partial charge < -0.3 is 15.7 Å². The average Bonchev–Trinajstić information content (AvgIpc) is 2.08. The van der Waals surface area contributed by atoms with Crippen LogP contribution in [0.15, 0.2) is 15.8 Å². The smallest absolute Gasteiger partial charge is 0.315 e.